The van der Waals surface area contributed by atoms with Gasteiger partial charge in [0.05, 0.1) is 19.0 Å². The maximum absolute atomic E-state index is 12.1. The Labute approximate surface area is 186 Å². The number of amides is 1. The Morgan fingerprint density at radius 3 is 2.44 bits per heavy atom. The van der Waals surface area contributed by atoms with Crippen LogP contribution in [-0.4, -0.2) is 39.9 Å². The number of nitrogens with zero attached hydrogens (tertiary/aromatic N) is 2. The molecule has 1 aromatic heterocycles. The molecular weight excluding hydrogens is 410 g/mol. The van der Waals surface area contributed by atoms with Gasteiger partial charge in [-0.25, -0.2) is 9.48 Å². The van der Waals surface area contributed by atoms with Crippen molar-refractivity contribution in [2.45, 2.75) is 32.4 Å². The topological polar surface area (TPSA) is 145 Å². The number of aromatic nitrogens is 2. The number of methoxy groups -OCH3 is 1. The molecule has 0 unspecified atom stereocenters. The number of nitrogens with two attached hydrogens (primary N) is 2. The summed E-state index contributed by atoms with van der Waals surface area (Å²) in [4.78, 5) is 23.2. The number of aromatic carboxylic acids is 1. The smallest absolute Gasteiger partial charge is 0.341 e. The molecule has 2 aromatic carbocycles. The zero-order chi connectivity index (χ0) is 23.3. The Morgan fingerprint density at radius 1 is 1.22 bits per heavy atom. The van der Waals surface area contributed by atoms with Gasteiger partial charge in [-0.1, -0.05) is 18.2 Å². The van der Waals surface area contributed by atoms with Gasteiger partial charge in [-0.3, -0.25) is 4.79 Å². The SMILES string of the molecule is COc1ccc(CN)cc1.Cc1ccc(C(=O)NC2CC2)cc1-n1ncc(C(=O)O)c1N. The normalized spacial score (nSPS) is 12.5. The van der Waals surface area contributed by atoms with Crippen LogP contribution in [0.25, 0.3) is 5.69 Å². The second-order valence-corrected chi connectivity index (χ2v) is 7.46. The summed E-state index contributed by atoms with van der Waals surface area (Å²) >= 11 is 0. The number of carboxylic acids is 1. The monoisotopic (exact) mass is 437 g/mol. The fourth-order valence-electron chi connectivity index (χ4n) is 2.95. The minimum Gasteiger partial charge on any atom is -0.497 e. The van der Waals surface area contributed by atoms with Gasteiger partial charge < -0.3 is 26.6 Å². The van der Waals surface area contributed by atoms with Crippen LogP contribution in [-0.2, 0) is 6.54 Å². The van der Waals surface area contributed by atoms with Crippen LogP contribution in [0.1, 0.15) is 44.7 Å². The Balaban J connectivity index is 0.000000243. The number of benzene rings is 2. The molecule has 0 spiro atoms. The van der Waals surface area contributed by atoms with Gasteiger partial charge in [0.25, 0.3) is 5.91 Å². The van der Waals surface area contributed by atoms with Crippen LogP contribution in [0.5, 0.6) is 5.75 Å². The molecule has 1 saturated carbocycles. The standard InChI is InChI=1S/C15H16N4O3.C8H11NO/c1-8-2-3-9(14(20)18-10-4-5-10)6-12(8)19-13(16)11(7-17-19)15(21)22;1-10-8-4-2-7(6-9)3-5-8/h2-3,6-7,10H,4-5,16H2,1H3,(H,18,20)(H,21,22);2-5H,6,9H2,1H3. The van der Waals surface area contributed by atoms with Crippen molar-refractivity contribution in [1.82, 2.24) is 15.1 Å². The molecule has 1 aliphatic rings. The van der Waals surface area contributed by atoms with E-state index in [2.05, 4.69) is 10.4 Å². The van der Waals surface area contributed by atoms with E-state index in [4.69, 9.17) is 21.3 Å². The number of carbonyl (C=O) groups is 2. The zero-order valence-electron chi connectivity index (χ0n) is 18.0. The summed E-state index contributed by atoms with van der Waals surface area (Å²) in [7, 11) is 1.65. The van der Waals surface area contributed by atoms with Crippen molar-refractivity contribution in [2.24, 2.45) is 5.73 Å². The highest BCUT2D eigenvalue weighted by atomic mass is 16.5. The molecule has 6 N–H and O–H groups in total. The van der Waals surface area contributed by atoms with Gasteiger partial charge >= 0.3 is 5.97 Å². The van der Waals surface area contributed by atoms with Crippen molar-refractivity contribution >= 4 is 17.7 Å². The first-order chi connectivity index (χ1) is 15.3. The molecule has 9 nitrogen and oxygen atoms in total. The zero-order valence-corrected chi connectivity index (χ0v) is 18.0. The third kappa shape index (κ3) is 5.44. The molecule has 0 saturated heterocycles. The number of carbonyl (C=O) groups excluding carboxylic acids is 1. The summed E-state index contributed by atoms with van der Waals surface area (Å²) in [6.07, 6.45) is 3.23. The van der Waals surface area contributed by atoms with Gasteiger partial charge in [0.1, 0.15) is 17.1 Å². The minimum absolute atomic E-state index is 0.0374. The molecule has 3 aromatic rings. The molecule has 1 amide bonds. The van der Waals surface area contributed by atoms with Gasteiger partial charge in [-0.05, 0) is 55.2 Å². The van der Waals surface area contributed by atoms with Crippen molar-refractivity contribution in [3.8, 4) is 11.4 Å². The van der Waals surface area contributed by atoms with Crippen LogP contribution in [0.15, 0.2) is 48.7 Å². The summed E-state index contributed by atoms with van der Waals surface area (Å²) in [5, 5.41) is 16.0. The molecule has 1 heterocycles. The highest BCUT2D eigenvalue weighted by Crippen LogP contribution is 2.23. The Morgan fingerprint density at radius 2 is 1.91 bits per heavy atom. The molecule has 0 atom stereocenters. The predicted molar refractivity (Wildman–Crippen MR) is 121 cm³/mol. The van der Waals surface area contributed by atoms with Crippen LogP contribution in [0.4, 0.5) is 5.82 Å². The van der Waals surface area contributed by atoms with E-state index in [1.54, 1.807) is 25.3 Å². The highest BCUT2D eigenvalue weighted by molar-refractivity contribution is 5.95. The quantitative estimate of drug-likeness (QED) is 0.463. The number of nitrogen functional groups attached to an aromatic ring is 1. The lowest BCUT2D eigenvalue weighted by atomic mass is 10.1. The van der Waals surface area contributed by atoms with E-state index in [0.29, 0.717) is 17.8 Å². The highest BCUT2D eigenvalue weighted by Gasteiger charge is 2.24. The largest absolute Gasteiger partial charge is 0.497 e. The van der Waals surface area contributed by atoms with Crippen molar-refractivity contribution in [3.63, 3.8) is 0 Å². The van der Waals surface area contributed by atoms with E-state index < -0.39 is 5.97 Å². The lowest BCUT2D eigenvalue weighted by Gasteiger charge is -2.11. The minimum atomic E-state index is -1.14. The van der Waals surface area contributed by atoms with Crippen LogP contribution in [0.2, 0.25) is 0 Å². The van der Waals surface area contributed by atoms with Crippen molar-refractivity contribution in [3.05, 3.63) is 70.9 Å². The van der Waals surface area contributed by atoms with Crippen molar-refractivity contribution in [2.75, 3.05) is 12.8 Å². The van der Waals surface area contributed by atoms with Crippen LogP contribution in [0.3, 0.4) is 0 Å². The first-order valence-corrected chi connectivity index (χ1v) is 10.2. The summed E-state index contributed by atoms with van der Waals surface area (Å²) in [6.45, 7) is 2.43. The fraction of sp³-hybridized carbons (Fsp3) is 0.261. The lowest BCUT2D eigenvalue weighted by molar-refractivity contribution is 0.0697. The van der Waals surface area contributed by atoms with Crippen LogP contribution in [0, 0.1) is 6.92 Å². The number of rotatable bonds is 6. The fourth-order valence-corrected chi connectivity index (χ4v) is 2.95. The number of hydrogen-bond donors (Lipinski definition) is 4. The molecule has 4 rings (SSSR count). The first kappa shape index (κ1) is 22.8. The second-order valence-electron chi connectivity index (χ2n) is 7.46. The van der Waals surface area contributed by atoms with E-state index >= 15 is 0 Å². The first-order valence-electron chi connectivity index (χ1n) is 10.2. The maximum Gasteiger partial charge on any atom is 0.341 e. The molecule has 32 heavy (non-hydrogen) atoms. The molecule has 0 bridgehead atoms. The van der Waals surface area contributed by atoms with Crippen molar-refractivity contribution < 1.29 is 19.4 Å². The Bertz CT molecular complexity index is 1080. The molecule has 0 radical (unpaired) electrons. The number of aryl methyl sites for hydroxylation is 1. The van der Waals surface area contributed by atoms with E-state index in [-0.39, 0.29) is 23.3 Å². The van der Waals surface area contributed by atoms with E-state index in [1.807, 2.05) is 31.2 Å². The van der Waals surface area contributed by atoms with E-state index in [9.17, 15) is 9.59 Å². The second kappa shape index (κ2) is 9.97. The Kier molecular flexibility index (Phi) is 7.11. The summed E-state index contributed by atoms with van der Waals surface area (Å²) in [5.74, 6) is -0.371. The maximum atomic E-state index is 12.1. The number of anilines is 1. The third-order valence-electron chi connectivity index (χ3n) is 5.04. The van der Waals surface area contributed by atoms with E-state index in [0.717, 1.165) is 29.7 Å². The molecule has 168 valence electrons. The van der Waals surface area contributed by atoms with E-state index in [1.165, 1.54) is 10.9 Å². The van der Waals surface area contributed by atoms with Gasteiger partial charge in [0.15, 0.2) is 0 Å². The number of nitrogens with one attached hydrogen (secondary N) is 1. The number of hydrogen-bond acceptors (Lipinski definition) is 6. The molecular formula is C23H27N5O4. The summed E-state index contributed by atoms with van der Waals surface area (Å²) in [6, 6.07) is 13.2. The summed E-state index contributed by atoms with van der Waals surface area (Å²) < 4.78 is 6.31. The third-order valence-corrected chi connectivity index (χ3v) is 5.04. The van der Waals surface area contributed by atoms with Crippen LogP contribution < -0.4 is 21.5 Å². The van der Waals surface area contributed by atoms with Gasteiger partial charge in [0, 0.05) is 18.2 Å². The molecule has 0 aliphatic heterocycles. The molecule has 9 heteroatoms. The lowest BCUT2D eigenvalue weighted by Crippen LogP contribution is -2.25. The van der Waals surface area contributed by atoms with Gasteiger partial charge in [0.2, 0.25) is 0 Å². The molecule has 1 fully saturated rings. The number of ether oxygens (including phenoxy) is 1. The van der Waals surface area contributed by atoms with Crippen molar-refractivity contribution in [1.29, 1.82) is 0 Å². The van der Waals surface area contributed by atoms with Gasteiger partial charge in [-0.15, -0.1) is 0 Å². The van der Waals surface area contributed by atoms with Gasteiger partial charge in [-0.2, -0.15) is 5.10 Å². The molecule has 1 aliphatic carbocycles. The average Bonchev–Trinajstić information content (AvgIpc) is 3.53. The predicted octanol–water partition coefficient (Wildman–Crippen LogP) is 2.51. The average molecular weight is 438 g/mol. The summed E-state index contributed by atoms with van der Waals surface area (Å²) in [5.41, 5.74) is 14.2. The van der Waals surface area contributed by atoms with Crippen LogP contribution >= 0.6 is 0 Å². The number of carboxylic acid groups (broad SMARTS) is 1. The Hall–Kier alpha value is -3.85.